The average molecular weight is 318 g/mol. The number of hydrogen-bond acceptors (Lipinski definition) is 6. The number of nitrogens with zero attached hydrogens (tertiary/aromatic N) is 2. The first-order valence-electron chi connectivity index (χ1n) is 6.65. The molecule has 1 amide bonds. The largest absolute Gasteiger partial charge is 0.480 e. The number of aromatic nitrogens is 1. The van der Waals surface area contributed by atoms with E-state index >= 15 is 0 Å². The first-order valence-corrected chi connectivity index (χ1v) is 6.65. The van der Waals surface area contributed by atoms with E-state index in [1.807, 2.05) is 0 Å². The van der Waals surface area contributed by atoms with Gasteiger partial charge in [-0.25, -0.2) is 4.98 Å². The lowest BCUT2D eigenvalue weighted by Gasteiger charge is -2.10. The van der Waals surface area contributed by atoms with Gasteiger partial charge in [0, 0.05) is 17.6 Å². The number of aliphatic carboxylic acids is 1. The summed E-state index contributed by atoms with van der Waals surface area (Å²) < 4.78 is 0. The van der Waals surface area contributed by atoms with E-state index in [0.29, 0.717) is 16.6 Å². The molecule has 2 aromatic rings. The molecule has 23 heavy (non-hydrogen) atoms. The van der Waals surface area contributed by atoms with Gasteiger partial charge < -0.3 is 15.7 Å². The van der Waals surface area contributed by atoms with Crippen LogP contribution in [0.25, 0.3) is 10.8 Å². The van der Waals surface area contributed by atoms with Gasteiger partial charge in [-0.3, -0.25) is 19.7 Å². The number of hydrogen-bond donors (Lipinski definition) is 3. The van der Waals surface area contributed by atoms with Crippen LogP contribution in [-0.4, -0.2) is 40.0 Å². The van der Waals surface area contributed by atoms with Crippen LogP contribution in [0.4, 0.5) is 11.5 Å². The van der Waals surface area contributed by atoms with Gasteiger partial charge in [-0.15, -0.1) is 0 Å². The average Bonchev–Trinajstić information content (AvgIpc) is 2.50. The highest BCUT2D eigenvalue weighted by atomic mass is 16.6. The highest BCUT2D eigenvalue weighted by Gasteiger charge is 2.16. The SMILES string of the molecule is Cc1ccc([N+](=O)[O-])c2ccnc(NCC(=O)NCC(=O)O)c12. The fourth-order valence-electron chi connectivity index (χ4n) is 2.15. The molecule has 1 aromatic heterocycles. The molecule has 9 heteroatoms. The van der Waals surface area contributed by atoms with Crippen LogP contribution in [-0.2, 0) is 9.59 Å². The summed E-state index contributed by atoms with van der Waals surface area (Å²) in [5, 5.41) is 25.5. The number of pyridine rings is 1. The number of nitrogens with one attached hydrogen (secondary N) is 2. The summed E-state index contributed by atoms with van der Waals surface area (Å²) in [6.45, 7) is 1.11. The van der Waals surface area contributed by atoms with Gasteiger partial charge in [0.05, 0.1) is 16.9 Å². The Bertz CT molecular complexity index is 790. The van der Waals surface area contributed by atoms with Gasteiger partial charge in [0.25, 0.3) is 5.69 Å². The van der Waals surface area contributed by atoms with Crippen molar-refractivity contribution in [2.75, 3.05) is 18.4 Å². The smallest absolute Gasteiger partial charge is 0.322 e. The first kappa shape index (κ1) is 16.1. The van der Waals surface area contributed by atoms with E-state index in [1.54, 1.807) is 13.0 Å². The zero-order chi connectivity index (χ0) is 17.0. The molecule has 2 rings (SSSR count). The Kier molecular flexibility index (Phi) is 4.69. The molecule has 0 radical (unpaired) electrons. The zero-order valence-electron chi connectivity index (χ0n) is 12.2. The predicted octanol–water partition coefficient (Wildman–Crippen LogP) is 1.06. The summed E-state index contributed by atoms with van der Waals surface area (Å²) >= 11 is 0. The van der Waals surface area contributed by atoms with Crippen LogP contribution in [0.3, 0.4) is 0 Å². The van der Waals surface area contributed by atoms with E-state index in [2.05, 4.69) is 15.6 Å². The summed E-state index contributed by atoms with van der Waals surface area (Å²) in [6.07, 6.45) is 1.41. The van der Waals surface area contributed by atoms with E-state index in [1.165, 1.54) is 18.3 Å². The van der Waals surface area contributed by atoms with E-state index < -0.39 is 23.3 Å². The second-order valence-electron chi connectivity index (χ2n) is 4.76. The normalized spacial score (nSPS) is 10.3. The van der Waals surface area contributed by atoms with Crippen LogP contribution in [0, 0.1) is 17.0 Å². The van der Waals surface area contributed by atoms with Crippen molar-refractivity contribution in [2.24, 2.45) is 0 Å². The number of rotatable bonds is 6. The maximum Gasteiger partial charge on any atom is 0.322 e. The summed E-state index contributed by atoms with van der Waals surface area (Å²) in [5.41, 5.74) is 0.721. The summed E-state index contributed by atoms with van der Waals surface area (Å²) in [7, 11) is 0. The quantitative estimate of drug-likeness (QED) is 0.535. The number of carbonyl (C=O) groups excluding carboxylic acids is 1. The number of benzene rings is 1. The van der Waals surface area contributed by atoms with Gasteiger partial charge in [-0.1, -0.05) is 6.07 Å². The number of nitro groups is 1. The standard InChI is InChI=1S/C14H14N4O5/c1-8-2-3-10(18(22)23)9-4-5-15-14(13(8)9)17-6-11(19)16-7-12(20)21/h2-5H,6-7H2,1H3,(H,15,17)(H,16,19)(H,20,21). The van der Waals surface area contributed by atoms with Crippen LogP contribution in [0.2, 0.25) is 0 Å². The fourth-order valence-corrected chi connectivity index (χ4v) is 2.15. The topological polar surface area (TPSA) is 134 Å². The molecular formula is C14H14N4O5. The Morgan fingerprint density at radius 3 is 2.70 bits per heavy atom. The van der Waals surface area contributed by atoms with E-state index in [0.717, 1.165) is 5.56 Å². The maximum absolute atomic E-state index is 11.5. The highest BCUT2D eigenvalue weighted by Crippen LogP contribution is 2.31. The molecule has 120 valence electrons. The minimum Gasteiger partial charge on any atom is -0.480 e. The minimum absolute atomic E-state index is 0.0496. The lowest BCUT2D eigenvalue weighted by Crippen LogP contribution is -2.34. The van der Waals surface area contributed by atoms with Crippen molar-refractivity contribution in [3.8, 4) is 0 Å². The van der Waals surface area contributed by atoms with Crippen LogP contribution in [0.5, 0.6) is 0 Å². The Labute approximate surface area is 130 Å². The molecule has 0 unspecified atom stereocenters. The number of carbonyl (C=O) groups is 2. The molecular weight excluding hydrogens is 304 g/mol. The molecule has 0 aliphatic rings. The minimum atomic E-state index is -1.15. The van der Waals surface area contributed by atoms with E-state index in [9.17, 15) is 19.7 Å². The Morgan fingerprint density at radius 2 is 2.04 bits per heavy atom. The number of non-ortho nitro benzene ring substituents is 1. The number of anilines is 1. The van der Waals surface area contributed by atoms with Gasteiger partial charge in [-0.2, -0.15) is 0 Å². The number of carboxylic acid groups (broad SMARTS) is 1. The Hall–Kier alpha value is -3.23. The van der Waals surface area contributed by atoms with Gasteiger partial charge in [0.2, 0.25) is 5.91 Å². The third kappa shape index (κ3) is 3.70. The van der Waals surface area contributed by atoms with Crippen molar-refractivity contribution < 1.29 is 19.6 Å². The van der Waals surface area contributed by atoms with Crippen molar-refractivity contribution in [3.63, 3.8) is 0 Å². The third-order valence-corrected chi connectivity index (χ3v) is 3.16. The molecule has 0 aliphatic carbocycles. The highest BCUT2D eigenvalue weighted by molar-refractivity contribution is 6.00. The number of carboxylic acids is 1. The Balaban J connectivity index is 2.28. The molecule has 0 spiro atoms. The van der Waals surface area contributed by atoms with Gasteiger partial charge in [0.15, 0.2) is 0 Å². The maximum atomic E-state index is 11.5. The lowest BCUT2D eigenvalue weighted by atomic mass is 10.1. The molecule has 0 bridgehead atoms. The lowest BCUT2D eigenvalue weighted by molar-refractivity contribution is -0.383. The second-order valence-corrected chi connectivity index (χ2v) is 4.76. The number of nitro benzene ring substituents is 1. The molecule has 0 fully saturated rings. The second kappa shape index (κ2) is 6.69. The summed E-state index contributed by atoms with van der Waals surface area (Å²) in [4.78, 5) is 36.7. The number of fused-ring (bicyclic) bond motifs is 1. The van der Waals surface area contributed by atoms with Crippen molar-refractivity contribution in [2.45, 2.75) is 6.92 Å². The van der Waals surface area contributed by atoms with E-state index in [4.69, 9.17) is 5.11 Å². The molecule has 0 aliphatic heterocycles. The zero-order valence-corrected chi connectivity index (χ0v) is 12.2. The number of aryl methyl sites for hydroxylation is 1. The van der Waals surface area contributed by atoms with Gasteiger partial charge in [-0.05, 0) is 18.6 Å². The molecule has 0 saturated heterocycles. The molecule has 1 heterocycles. The molecule has 0 saturated carbocycles. The predicted molar refractivity (Wildman–Crippen MR) is 82.3 cm³/mol. The molecule has 9 nitrogen and oxygen atoms in total. The van der Waals surface area contributed by atoms with Crippen molar-refractivity contribution >= 4 is 34.2 Å². The fraction of sp³-hybridized carbons (Fsp3) is 0.214. The molecule has 3 N–H and O–H groups in total. The van der Waals surface area contributed by atoms with Crippen molar-refractivity contribution in [1.29, 1.82) is 0 Å². The van der Waals surface area contributed by atoms with Gasteiger partial charge >= 0.3 is 5.97 Å². The summed E-state index contributed by atoms with van der Waals surface area (Å²) in [6, 6.07) is 4.56. The Morgan fingerprint density at radius 1 is 1.30 bits per heavy atom. The van der Waals surface area contributed by atoms with Crippen LogP contribution < -0.4 is 10.6 Å². The molecule has 1 aromatic carbocycles. The van der Waals surface area contributed by atoms with Crippen LogP contribution in [0.1, 0.15) is 5.56 Å². The third-order valence-electron chi connectivity index (χ3n) is 3.16. The van der Waals surface area contributed by atoms with Crippen LogP contribution >= 0.6 is 0 Å². The summed E-state index contributed by atoms with van der Waals surface area (Å²) in [5.74, 6) is -1.34. The van der Waals surface area contributed by atoms with Crippen LogP contribution in [0.15, 0.2) is 24.4 Å². The monoisotopic (exact) mass is 318 g/mol. The number of amides is 1. The van der Waals surface area contributed by atoms with Crippen molar-refractivity contribution in [3.05, 3.63) is 40.1 Å². The van der Waals surface area contributed by atoms with Crippen molar-refractivity contribution in [1.82, 2.24) is 10.3 Å². The molecule has 0 atom stereocenters. The van der Waals surface area contributed by atoms with E-state index in [-0.39, 0.29) is 12.2 Å². The van der Waals surface area contributed by atoms with Gasteiger partial charge in [0.1, 0.15) is 12.4 Å². The first-order chi connectivity index (χ1) is 10.9.